The number of hydrogen-bond donors (Lipinski definition) is 2. The van der Waals surface area contributed by atoms with Gasteiger partial charge in [-0.1, -0.05) is 0 Å². The Balaban J connectivity index is 2.62. The first-order valence-electron chi connectivity index (χ1n) is 7.38. The average Bonchev–Trinajstić information content (AvgIpc) is 3.10. The predicted molar refractivity (Wildman–Crippen MR) is 88.5 cm³/mol. The molecule has 0 radical (unpaired) electrons. The molecule has 0 fully saturated rings. The zero-order chi connectivity index (χ0) is 19.5. The van der Waals surface area contributed by atoms with Crippen LogP contribution in [0.3, 0.4) is 0 Å². The van der Waals surface area contributed by atoms with Crippen LogP contribution in [0.25, 0.3) is 11.6 Å². The number of imidazole rings is 1. The Hall–Kier alpha value is -2.87. The third kappa shape index (κ3) is 4.20. The summed E-state index contributed by atoms with van der Waals surface area (Å²) in [5.41, 5.74) is 0.232. The number of aromatic nitrogens is 3. The number of carbonyl (C=O) groups is 1. The second kappa shape index (κ2) is 7.57. The van der Waals surface area contributed by atoms with E-state index in [1.54, 1.807) is 25.2 Å². The summed E-state index contributed by atoms with van der Waals surface area (Å²) in [5.74, 6) is -1.18. The molecule has 0 bridgehead atoms. The van der Waals surface area contributed by atoms with Crippen LogP contribution in [0.5, 0.6) is 0 Å². The first-order valence-corrected chi connectivity index (χ1v) is 8.20. The first-order chi connectivity index (χ1) is 12.2. The molecule has 0 aliphatic heterocycles. The summed E-state index contributed by atoms with van der Waals surface area (Å²) in [6.07, 6.45) is -1.66. The summed E-state index contributed by atoms with van der Waals surface area (Å²) >= 11 is 0.851. The quantitative estimate of drug-likeness (QED) is 0.782. The molecule has 0 atom stereocenters. The summed E-state index contributed by atoms with van der Waals surface area (Å²) < 4.78 is 38.2. The van der Waals surface area contributed by atoms with Crippen LogP contribution in [0.1, 0.15) is 18.3 Å². The lowest BCUT2D eigenvalue weighted by molar-refractivity contribution is -0.135. The Morgan fingerprint density at radius 2 is 2.23 bits per heavy atom. The largest absolute Gasteiger partial charge is 0.405 e. The highest BCUT2D eigenvalue weighted by atomic mass is 32.1. The highest BCUT2D eigenvalue weighted by molar-refractivity contribution is 7.07. The van der Waals surface area contributed by atoms with Crippen LogP contribution in [0, 0.1) is 18.3 Å². The summed E-state index contributed by atoms with van der Waals surface area (Å²) in [6.45, 7) is 1.97. The molecule has 0 spiro atoms. The van der Waals surface area contributed by atoms with Gasteiger partial charge in [0.15, 0.2) is 5.57 Å². The van der Waals surface area contributed by atoms with Crippen molar-refractivity contribution in [2.24, 2.45) is 0 Å². The molecule has 2 rings (SSSR count). The van der Waals surface area contributed by atoms with Gasteiger partial charge in [-0.3, -0.25) is 14.2 Å². The second-order valence-corrected chi connectivity index (χ2v) is 6.19. The van der Waals surface area contributed by atoms with Gasteiger partial charge in [0.25, 0.3) is 11.5 Å². The Labute approximate surface area is 149 Å². The molecule has 11 heteroatoms. The Morgan fingerprint density at radius 3 is 2.73 bits per heavy atom. The van der Waals surface area contributed by atoms with Gasteiger partial charge in [-0.2, -0.15) is 18.4 Å². The number of nitriles is 1. The minimum absolute atomic E-state index is 0.000821. The number of aryl methyl sites for hydroxylation is 1. The maximum Gasteiger partial charge on any atom is 0.405 e. The highest BCUT2D eigenvalue weighted by Gasteiger charge is 2.28. The van der Waals surface area contributed by atoms with Crippen LogP contribution in [-0.2, 0) is 11.3 Å². The van der Waals surface area contributed by atoms with Crippen molar-refractivity contribution < 1.29 is 18.0 Å². The Kier molecular flexibility index (Phi) is 5.66. The molecule has 2 aromatic heterocycles. The minimum atomic E-state index is -4.60. The fourth-order valence-electron chi connectivity index (χ4n) is 2.10. The summed E-state index contributed by atoms with van der Waals surface area (Å²) in [4.78, 5) is 31.4. The van der Waals surface area contributed by atoms with Gasteiger partial charge in [-0.25, -0.2) is 4.98 Å². The molecule has 7 nitrogen and oxygen atoms in total. The van der Waals surface area contributed by atoms with Gasteiger partial charge in [0.1, 0.15) is 17.3 Å². The number of hydrogen-bond acceptors (Lipinski definition) is 5. The van der Waals surface area contributed by atoms with E-state index in [-0.39, 0.29) is 15.7 Å². The van der Waals surface area contributed by atoms with Crippen molar-refractivity contribution in [3.05, 3.63) is 37.3 Å². The van der Waals surface area contributed by atoms with Crippen molar-refractivity contribution >= 4 is 28.9 Å². The number of rotatable bonds is 4. The first kappa shape index (κ1) is 19.5. The monoisotopic (exact) mass is 385 g/mol. The number of aromatic amines is 1. The molecular weight excluding hydrogens is 371 g/mol. The standard InChI is InChI=1S/C15H14F3N5O2S/c1-3-23-13(25)11(4-10-8(2)21-7-22-10)26-14(23)9(5-19)12(24)20-6-15(16,17)18/h4,7H,3,6H2,1-2H3,(H,20,24)(H,21,22)/b11-4-,14-9-. The van der Waals surface area contributed by atoms with Crippen molar-refractivity contribution in [3.63, 3.8) is 0 Å². The molecular formula is C15H14F3N5O2S. The van der Waals surface area contributed by atoms with E-state index in [9.17, 15) is 28.0 Å². The number of thiazole rings is 1. The van der Waals surface area contributed by atoms with E-state index in [1.807, 2.05) is 0 Å². The van der Waals surface area contributed by atoms with Crippen LogP contribution >= 0.6 is 11.3 Å². The number of alkyl halides is 3. The van der Waals surface area contributed by atoms with Gasteiger partial charge in [-0.15, -0.1) is 11.3 Å². The lowest BCUT2D eigenvalue weighted by Gasteiger charge is -2.07. The van der Waals surface area contributed by atoms with Crippen molar-refractivity contribution in [1.82, 2.24) is 19.9 Å². The fourth-order valence-corrected chi connectivity index (χ4v) is 3.24. The molecule has 2 aromatic rings. The highest BCUT2D eigenvalue weighted by Crippen LogP contribution is 2.12. The molecule has 1 amide bonds. The van der Waals surface area contributed by atoms with Gasteiger partial charge >= 0.3 is 6.18 Å². The molecule has 26 heavy (non-hydrogen) atoms. The number of halogens is 3. The number of carbonyl (C=O) groups excluding carboxylic acids is 1. The summed E-state index contributed by atoms with van der Waals surface area (Å²) in [7, 11) is 0. The van der Waals surface area contributed by atoms with Gasteiger partial charge in [0.2, 0.25) is 0 Å². The van der Waals surface area contributed by atoms with E-state index in [4.69, 9.17) is 0 Å². The third-order valence-corrected chi connectivity index (χ3v) is 4.49. The number of H-pyrrole nitrogens is 1. The molecule has 2 heterocycles. The van der Waals surface area contributed by atoms with E-state index >= 15 is 0 Å². The molecule has 0 aliphatic carbocycles. The van der Waals surface area contributed by atoms with Gasteiger partial charge in [0, 0.05) is 12.2 Å². The SMILES string of the molecule is CCn1c(=O)/c(=C/c2nc[nH]c2C)s/c1=C(/C#N)C(=O)NCC(F)(F)F. The van der Waals surface area contributed by atoms with E-state index in [0.717, 1.165) is 17.0 Å². The van der Waals surface area contributed by atoms with E-state index in [1.165, 1.54) is 17.0 Å². The number of amides is 1. The number of nitrogens with zero attached hydrogens (tertiary/aromatic N) is 3. The average molecular weight is 385 g/mol. The summed E-state index contributed by atoms with van der Waals surface area (Å²) in [5, 5.41) is 10.9. The van der Waals surface area contributed by atoms with Gasteiger partial charge < -0.3 is 10.3 Å². The van der Waals surface area contributed by atoms with Crippen LogP contribution in [-0.4, -0.2) is 33.2 Å². The van der Waals surface area contributed by atoms with Crippen LogP contribution in [0.4, 0.5) is 13.2 Å². The van der Waals surface area contributed by atoms with Crippen molar-refractivity contribution in [2.75, 3.05) is 6.54 Å². The molecule has 0 aromatic carbocycles. The minimum Gasteiger partial charge on any atom is -0.348 e. The molecule has 0 aliphatic rings. The van der Waals surface area contributed by atoms with Gasteiger partial charge in [-0.05, 0) is 19.9 Å². The van der Waals surface area contributed by atoms with E-state index < -0.39 is 29.8 Å². The number of nitrogens with one attached hydrogen (secondary N) is 2. The second-order valence-electron chi connectivity index (χ2n) is 5.16. The maximum absolute atomic E-state index is 12.5. The Morgan fingerprint density at radius 1 is 1.54 bits per heavy atom. The van der Waals surface area contributed by atoms with Crippen molar-refractivity contribution in [3.8, 4) is 6.07 Å². The molecule has 0 unspecified atom stereocenters. The molecule has 0 saturated heterocycles. The normalized spacial score (nSPS) is 13.5. The van der Waals surface area contributed by atoms with Crippen LogP contribution in [0.15, 0.2) is 11.1 Å². The van der Waals surface area contributed by atoms with Crippen LogP contribution in [0.2, 0.25) is 0 Å². The lowest BCUT2D eigenvalue weighted by Crippen LogP contribution is -2.37. The zero-order valence-corrected chi connectivity index (χ0v) is 14.6. The molecule has 0 saturated carbocycles. The third-order valence-electron chi connectivity index (χ3n) is 3.36. The van der Waals surface area contributed by atoms with Gasteiger partial charge in [0.05, 0.1) is 16.6 Å². The lowest BCUT2D eigenvalue weighted by atomic mass is 10.3. The smallest absolute Gasteiger partial charge is 0.348 e. The fraction of sp³-hybridized carbons (Fsp3) is 0.333. The molecule has 138 valence electrons. The topological polar surface area (TPSA) is 104 Å². The van der Waals surface area contributed by atoms with Crippen molar-refractivity contribution in [2.45, 2.75) is 26.6 Å². The summed E-state index contributed by atoms with van der Waals surface area (Å²) in [6, 6.07) is 1.59. The van der Waals surface area contributed by atoms with E-state index in [0.29, 0.717) is 5.69 Å². The van der Waals surface area contributed by atoms with Crippen LogP contribution < -0.4 is 20.1 Å². The predicted octanol–water partition coefficient (Wildman–Crippen LogP) is 0.143. The van der Waals surface area contributed by atoms with E-state index in [2.05, 4.69) is 9.97 Å². The molecule has 2 N–H and O–H groups in total. The maximum atomic E-state index is 12.5. The Bertz CT molecular complexity index is 1040. The van der Waals surface area contributed by atoms with Crippen molar-refractivity contribution in [1.29, 1.82) is 5.26 Å². The zero-order valence-electron chi connectivity index (χ0n) is 13.8.